The molecule has 1 atom stereocenters. The van der Waals surface area contributed by atoms with Crippen LogP contribution in [0.2, 0.25) is 0 Å². The summed E-state index contributed by atoms with van der Waals surface area (Å²) in [4.78, 5) is -0.104. The van der Waals surface area contributed by atoms with Crippen molar-refractivity contribution in [2.24, 2.45) is 0 Å². The lowest BCUT2D eigenvalue weighted by atomic mass is 10.2. The molecular formula is C12H15N3O4S2. The molecule has 1 unspecified atom stereocenters. The van der Waals surface area contributed by atoms with E-state index in [-0.39, 0.29) is 34.2 Å². The molecule has 2 N–H and O–H groups in total. The summed E-state index contributed by atoms with van der Waals surface area (Å²) < 4.78 is 49.4. The van der Waals surface area contributed by atoms with E-state index in [2.05, 4.69) is 0 Å². The Morgan fingerprint density at radius 1 is 1.43 bits per heavy atom. The van der Waals surface area contributed by atoms with Gasteiger partial charge in [0.05, 0.1) is 28.8 Å². The highest BCUT2D eigenvalue weighted by molar-refractivity contribution is 7.92. The zero-order valence-corrected chi connectivity index (χ0v) is 13.0. The number of rotatable bonds is 2. The second kappa shape index (κ2) is 5.29. The third-order valence-corrected chi connectivity index (χ3v) is 7.22. The van der Waals surface area contributed by atoms with Crippen LogP contribution in [0.3, 0.4) is 0 Å². The largest absolute Gasteiger partial charge is 0.398 e. The number of sulfone groups is 1. The molecule has 0 spiro atoms. The lowest BCUT2D eigenvalue weighted by Crippen LogP contribution is -2.49. The summed E-state index contributed by atoms with van der Waals surface area (Å²) in [6.45, 7) is 1.46. The molecule has 114 valence electrons. The van der Waals surface area contributed by atoms with Crippen molar-refractivity contribution in [3.05, 3.63) is 23.8 Å². The maximum atomic E-state index is 12.6. The first kappa shape index (κ1) is 15.8. The fourth-order valence-corrected chi connectivity index (χ4v) is 5.82. The Kier molecular flexibility index (Phi) is 3.97. The van der Waals surface area contributed by atoms with Crippen molar-refractivity contribution >= 4 is 25.5 Å². The predicted octanol–water partition coefficient (Wildman–Crippen LogP) is -0.0519. The minimum absolute atomic E-state index is 0.0188. The zero-order valence-electron chi connectivity index (χ0n) is 11.4. The van der Waals surface area contributed by atoms with E-state index in [9.17, 15) is 16.8 Å². The van der Waals surface area contributed by atoms with E-state index in [0.29, 0.717) is 0 Å². The zero-order chi connectivity index (χ0) is 15.8. The highest BCUT2D eigenvalue weighted by Gasteiger charge is 2.37. The van der Waals surface area contributed by atoms with Gasteiger partial charge >= 0.3 is 0 Å². The average Bonchev–Trinajstić information content (AvgIpc) is 2.36. The summed E-state index contributed by atoms with van der Waals surface area (Å²) in [5.41, 5.74) is 5.96. The van der Waals surface area contributed by atoms with Crippen molar-refractivity contribution < 1.29 is 16.8 Å². The van der Waals surface area contributed by atoms with Crippen LogP contribution < -0.4 is 5.73 Å². The third-order valence-electron chi connectivity index (χ3n) is 3.33. The lowest BCUT2D eigenvalue weighted by Gasteiger charge is -2.32. The van der Waals surface area contributed by atoms with Crippen LogP contribution in [0, 0.1) is 11.3 Å². The van der Waals surface area contributed by atoms with Crippen molar-refractivity contribution in [2.45, 2.75) is 17.9 Å². The van der Waals surface area contributed by atoms with Crippen LogP contribution in [0.25, 0.3) is 0 Å². The monoisotopic (exact) mass is 329 g/mol. The average molecular weight is 329 g/mol. The number of nitrogens with two attached hydrogens (primary N) is 1. The molecule has 0 amide bonds. The lowest BCUT2D eigenvalue weighted by molar-refractivity contribution is 0.357. The first-order chi connectivity index (χ1) is 9.67. The molecule has 1 aromatic carbocycles. The summed E-state index contributed by atoms with van der Waals surface area (Å²) in [5.74, 6) is -0.408. The fraction of sp³-hybridized carbons (Fsp3) is 0.417. The smallest absolute Gasteiger partial charge is 0.245 e. The molecule has 9 heteroatoms. The van der Waals surface area contributed by atoms with Crippen molar-refractivity contribution in [1.82, 2.24) is 4.31 Å². The summed E-state index contributed by atoms with van der Waals surface area (Å²) >= 11 is 0. The van der Waals surface area contributed by atoms with Crippen LogP contribution in [0.15, 0.2) is 23.1 Å². The van der Waals surface area contributed by atoms with Crippen LogP contribution in [-0.2, 0) is 19.9 Å². The van der Waals surface area contributed by atoms with E-state index >= 15 is 0 Å². The van der Waals surface area contributed by atoms with Gasteiger partial charge in [0.2, 0.25) is 10.0 Å². The first-order valence-electron chi connectivity index (χ1n) is 6.19. The Hall–Kier alpha value is -1.63. The standard InChI is InChI=1S/C12H15N3O4S2/c1-9-8-20(16,17)5-4-15(9)21(18,19)12-3-2-10(7-13)6-11(12)14/h2-3,6,9H,4-5,8,14H2,1H3. The Balaban J connectivity index is 2.42. The quantitative estimate of drug-likeness (QED) is 0.759. The molecule has 1 aliphatic rings. The van der Waals surface area contributed by atoms with E-state index in [0.717, 1.165) is 4.31 Å². The van der Waals surface area contributed by atoms with Gasteiger partial charge < -0.3 is 5.73 Å². The summed E-state index contributed by atoms with van der Waals surface area (Å²) in [5, 5.41) is 8.77. The molecule has 1 saturated heterocycles. The predicted molar refractivity (Wildman–Crippen MR) is 77.6 cm³/mol. The summed E-state index contributed by atoms with van der Waals surface area (Å²) in [6, 6.07) is 5.16. The second-order valence-corrected chi connectivity index (χ2v) is 9.03. The van der Waals surface area contributed by atoms with E-state index in [1.165, 1.54) is 18.2 Å². The van der Waals surface area contributed by atoms with Crippen molar-refractivity contribution in [3.8, 4) is 6.07 Å². The SMILES string of the molecule is CC1CS(=O)(=O)CCN1S(=O)(=O)c1ccc(C#N)cc1N. The van der Waals surface area contributed by atoms with Crippen LogP contribution >= 0.6 is 0 Å². The molecule has 0 aromatic heterocycles. The van der Waals surface area contributed by atoms with E-state index in [4.69, 9.17) is 11.0 Å². The number of benzene rings is 1. The van der Waals surface area contributed by atoms with E-state index in [1.54, 1.807) is 6.92 Å². The molecule has 1 aromatic rings. The van der Waals surface area contributed by atoms with Crippen LogP contribution in [0.1, 0.15) is 12.5 Å². The molecule has 0 saturated carbocycles. The number of sulfonamides is 1. The Labute approximate surface area is 123 Å². The van der Waals surface area contributed by atoms with Gasteiger partial charge in [0.1, 0.15) is 4.90 Å². The van der Waals surface area contributed by atoms with Gasteiger partial charge in [0.25, 0.3) is 0 Å². The second-order valence-electron chi connectivity index (χ2n) is 4.94. The number of anilines is 1. The molecule has 1 heterocycles. The molecule has 2 rings (SSSR count). The van der Waals surface area contributed by atoms with Gasteiger partial charge in [0, 0.05) is 12.6 Å². The van der Waals surface area contributed by atoms with Gasteiger partial charge in [0.15, 0.2) is 9.84 Å². The normalized spacial score (nSPS) is 22.6. The molecule has 21 heavy (non-hydrogen) atoms. The third kappa shape index (κ3) is 3.02. The van der Waals surface area contributed by atoms with E-state index < -0.39 is 25.9 Å². The first-order valence-corrected chi connectivity index (χ1v) is 9.45. The topological polar surface area (TPSA) is 121 Å². The Morgan fingerprint density at radius 2 is 2.10 bits per heavy atom. The van der Waals surface area contributed by atoms with Gasteiger partial charge in [-0.05, 0) is 25.1 Å². The Bertz CT molecular complexity index is 809. The molecule has 7 nitrogen and oxygen atoms in total. The minimum Gasteiger partial charge on any atom is -0.398 e. The van der Waals surface area contributed by atoms with Gasteiger partial charge in [-0.3, -0.25) is 0 Å². The molecule has 1 fully saturated rings. The highest BCUT2D eigenvalue weighted by Crippen LogP contribution is 2.27. The van der Waals surface area contributed by atoms with Gasteiger partial charge in [-0.1, -0.05) is 0 Å². The van der Waals surface area contributed by atoms with Crippen LogP contribution in [0.4, 0.5) is 5.69 Å². The van der Waals surface area contributed by atoms with Crippen molar-refractivity contribution in [3.63, 3.8) is 0 Å². The molecule has 1 aliphatic heterocycles. The Morgan fingerprint density at radius 3 is 2.62 bits per heavy atom. The number of nitrogens with zero attached hydrogens (tertiary/aromatic N) is 2. The van der Waals surface area contributed by atoms with Gasteiger partial charge in [-0.15, -0.1) is 0 Å². The number of hydrogen-bond donors (Lipinski definition) is 1. The van der Waals surface area contributed by atoms with Crippen molar-refractivity contribution in [1.29, 1.82) is 5.26 Å². The molecule has 0 radical (unpaired) electrons. The maximum Gasteiger partial charge on any atom is 0.245 e. The minimum atomic E-state index is -3.88. The fourth-order valence-electron chi connectivity index (χ4n) is 2.32. The summed E-state index contributed by atoms with van der Waals surface area (Å²) in [7, 11) is -7.09. The maximum absolute atomic E-state index is 12.6. The molecular weight excluding hydrogens is 314 g/mol. The summed E-state index contributed by atoms with van der Waals surface area (Å²) in [6.07, 6.45) is 0. The number of hydrogen-bond acceptors (Lipinski definition) is 6. The van der Waals surface area contributed by atoms with Crippen molar-refractivity contribution in [2.75, 3.05) is 23.8 Å². The van der Waals surface area contributed by atoms with Crippen LogP contribution in [-0.4, -0.2) is 45.2 Å². The molecule has 0 bridgehead atoms. The number of nitrogen functional groups attached to an aromatic ring is 1. The van der Waals surface area contributed by atoms with Crippen LogP contribution in [0.5, 0.6) is 0 Å². The van der Waals surface area contributed by atoms with Gasteiger partial charge in [-0.2, -0.15) is 9.57 Å². The highest BCUT2D eigenvalue weighted by atomic mass is 32.2. The van der Waals surface area contributed by atoms with E-state index in [1.807, 2.05) is 6.07 Å². The molecule has 0 aliphatic carbocycles. The van der Waals surface area contributed by atoms with Gasteiger partial charge in [-0.25, -0.2) is 16.8 Å². The number of nitriles is 1.